The predicted molar refractivity (Wildman–Crippen MR) is 78.0 cm³/mol. The van der Waals surface area contributed by atoms with Gasteiger partial charge in [-0.3, -0.25) is 14.3 Å². The van der Waals surface area contributed by atoms with Gasteiger partial charge in [0, 0.05) is 19.5 Å². The van der Waals surface area contributed by atoms with E-state index in [9.17, 15) is 9.59 Å². The average molecular weight is 343 g/mol. The van der Waals surface area contributed by atoms with Gasteiger partial charge in [-0.1, -0.05) is 6.92 Å². The Balaban J connectivity index is 2.22. The number of hydrogen-bond acceptors (Lipinski definition) is 3. The van der Waals surface area contributed by atoms with Gasteiger partial charge in [0.25, 0.3) is 0 Å². The summed E-state index contributed by atoms with van der Waals surface area (Å²) in [6.45, 7) is 5.85. The van der Waals surface area contributed by atoms with Crippen LogP contribution < -0.4 is 5.32 Å². The maximum atomic E-state index is 12.0. The molecule has 0 radical (unpaired) electrons. The van der Waals surface area contributed by atoms with Crippen LogP contribution in [0.1, 0.15) is 31.7 Å². The SMILES string of the molecule is CCc1nn(CC)c(CN2CCC(=O)NCC2=O)c1Br. The van der Waals surface area contributed by atoms with Crippen molar-refractivity contribution in [3.63, 3.8) is 0 Å². The van der Waals surface area contributed by atoms with Crippen LogP contribution in [0.25, 0.3) is 0 Å². The number of halogens is 1. The van der Waals surface area contributed by atoms with Crippen molar-refractivity contribution in [3.05, 3.63) is 15.9 Å². The van der Waals surface area contributed by atoms with Crippen molar-refractivity contribution in [1.29, 1.82) is 0 Å². The van der Waals surface area contributed by atoms with Crippen LogP contribution in [0.5, 0.6) is 0 Å². The molecular weight excluding hydrogens is 324 g/mol. The maximum absolute atomic E-state index is 12.0. The molecule has 2 amide bonds. The zero-order chi connectivity index (χ0) is 14.7. The van der Waals surface area contributed by atoms with Crippen LogP contribution >= 0.6 is 15.9 Å². The molecule has 6 nitrogen and oxygen atoms in total. The molecule has 0 bridgehead atoms. The molecule has 1 aromatic rings. The first-order valence-electron chi connectivity index (χ1n) is 6.85. The van der Waals surface area contributed by atoms with Crippen LogP contribution in [0.15, 0.2) is 4.47 Å². The Kier molecular flexibility index (Phi) is 4.80. The molecule has 0 atom stereocenters. The molecule has 7 heteroatoms. The second-order valence-corrected chi connectivity index (χ2v) is 5.51. The van der Waals surface area contributed by atoms with Gasteiger partial charge in [0.2, 0.25) is 11.8 Å². The van der Waals surface area contributed by atoms with Gasteiger partial charge in [0.15, 0.2) is 0 Å². The highest BCUT2D eigenvalue weighted by atomic mass is 79.9. The number of carbonyl (C=O) groups excluding carboxylic acids is 2. The number of aryl methyl sites for hydroxylation is 2. The average Bonchev–Trinajstić information content (AvgIpc) is 2.66. The van der Waals surface area contributed by atoms with E-state index in [-0.39, 0.29) is 18.4 Å². The summed E-state index contributed by atoms with van der Waals surface area (Å²) in [5, 5.41) is 7.13. The van der Waals surface area contributed by atoms with Gasteiger partial charge >= 0.3 is 0 Å². The maximum Gasteiger partial charge on any atom is 0.242 e. The van der Waals surface area contributed by atoms with Gasteiger partial charge in [-0.05, 0) is 29.3 Å². The van der Waals surface area contributed by atoms with E-state index < -0.39 is 0 Å². The van der Waals surface area contributed by atoms with Gasteiger partial charge in [0.1, 0.15) is 0 Å². The van der Waals surface area contributed by atoms with Gasteiger partial charge in [-0.2, -0.15) is 5.10 Å². The molecule has 0 saturated carbocycles. The summed E-state index contributed by atoms with van der Waals surface area (Å²) in [6.07, 6.45) is 1.19. The highest BCUT2D eigenvalue weighted by Gasteiger charge is 2.23. The lowest BCUT2D eigenvalue weighted by atomic mass is 10.2. The van der Waals surface area contributed by atoms with Crippen molar-refractivity contribution < 1.29 is 9.59 Å². The molecule has 2 rings (SSSR count). The lowest BCUT2D eigenvalue weighted by molar-refractivity contribution is -0.130. The van der Waals surface area contributed by atoms with Gasteiger partial charge in [-0.15, -0.1) is 0 Å². The van der Waals surface area contributed by atoms with E-state index in [0.29, 0.717) is 19.5 Å². The molecule has 1 N–H and O–H groups in total. The fraction of sp³-hybridized carbons (Fsp3) is 0.615. The predicted octanol–water partition coefficient (Wildman–Crippen LogP) is 1.08. The standard InChI is InChI=1S/C13H19BrN4O2/c1-3-9-13(14)10(18(4-2)16-9)8-17-6-5-11(19)15-7-12(17)20/h3-8H2,1-2H3,(H,15,19). The van der Waals surface area contributed by atoms with E-state index in [2.05, 4.69) is 33.3 Å². The lowest BCUT2D eigenvalue weighted by Crippen LogP contribution is -2.35. The summed E-state index contributed by atoms with van der Waals surface area (Å²) >= 11 is 3.58. The molecule has 0 unspecified atom stereocenters. The Morgan fingerprint density at radius 1 is 1.35 bits per heavy atom. The van der Waals surface area contributed by atoms with E-state index in [1.165, 1.54) is 0 Å². The molecule has 0 spiro atoms. The zero-order valence-electron chi connectivity index (χ0n) is 11.8. The normalized spacial score (nSPS) is 16.2. The minimum atomic E-state index is -0.0711. The third kappa shape index (κ3) is 3.03. The molecule has 1 aliphatic heterocycles. The Morgan fingerprint density at radius 2 is 2.10 bits per heavy atom. The zero-order valence-corrected chi connectivity index (χ0v) is 13.4. The van der Waals surface area contributed by atoms with Crippen LogP contribution in [0.3, 0.4) is 0 Å². The van der Waals surface area contributed by atoms with E-state index in [4.69, 9.17) is 0 Å². The van der Waals surface area contributed by atoms with E-state index in [1.54, 1.807) is 4.90 Å². The molecule has 2 heterocycles. The first-order chi connectivity index (χ1) is 9.56. The Bertz CT molecular complexity index is 527. The Hall–Kier alpha value is -1.37. The summed E-state index contributed by atoms with van der Waals surface area (Å²) in [4.78, 5) is 25.1. The fourth-order valence-electron chi connectivity index (χ4n) is 2.25. The smallest absolute Gasteiger partial charge is 0.242 e. The summed E-state index contributed by atoms with van der Waals surface area (Å²) in [6, 6.07) is 0. The second-order valence-electron chi connectivity index (χ2n) is 4.72. The Morgan fingerprint density at radius 3 is 2.75 bits per heavy atom. The van der Waals surface area contributed by atoms with Crippen LogP contribution in [0.4, 0.5) is 0 Å². The molecular formula is C13H19BrN4O2. The van der Waals surface area contributed by atoms with Crippen molar-refractivity contribution in [1.82, 2.24) is 20.0 Å². The lowest BCUT2D eigenvalue weighted by Gasteiger charge is -2.20. The van der Waals surface area contributed by atoms with Crippen molar-refractivity contribution in [2.45, 2.75) is 39.8 Å². The van der Waals surface area contributed by atoms with Crippen LogP contribution in [-0.4, -0.2) is 39.6 Å². The highest BCUT2D eigenvalue weighted by molar-refractivity contribution is 9.10. The molecule has 1 aliphatic rings. The monoisotopic (exact) mass is 342 g/mol. The molecule has 0 aliphatic carbocycles. The summed E-state index contributed by atoms with van der Waals surface area (Å²) in [7, 11) is 0. The van der Waals surface area contributed by atoms with Gasteiger partial charge in [-0.25, -0.2) is 0 Å². The highest BCUT2D eigenvalue weighted by Crippen LogP contribution is 2.24. The van der Waals surface area contributed by atoms with Crippen LogP contribution in [0, 0.1) is 0 Å². The molecule has 0 aromatic carbocycles. The number of nitrogens with one attached hydrogen (secondary N) is 1. The summed E-state index contributed by atoms with van der Waals surface area (Å²) in [5.74, 6) is -0.122. The van der Waals surface area contributed by atoms with E-state index in [0.717, 1.165) is 28.8 Å². The second kappa shape index (κ2) is 6.39. The molecule has 110 valence electrons. The number of carbonyl (C=O) groups is 2. The van der Waals surface area contributed by atoms with Crippen molar-refractivity contribution >= 4 is 27.7 Å². The number of rotatable bonds is 4. The van der Waals surface area contributed by atoms with Gasteiger partial charge in [0.05, 0.1) is 29.0 Å². The van der Waals surface area contributed by atoms with Crippen molar-refractivity contribution in [2.24, 2.45) is 0 Å². The van der Waals surface area contributed by atoms with E-state index in [1.807, 2.05) is 11.6 Å². The number of nitrogens with zero attached hydrogens (tertiary/aromatic N) is 3. The van der Waals surface area contributed by atoms with Crippen molar-refractivity contribution in [2.75, 3.05) is 13.1 Å². The summed E-state index contributed by atoms with van der Waals surface area (Å²) in [5.41, 5.74) is 1.99. The minimum Gasteiger partial charge on any atom is -0.347 e. The molecule has 1 fully saturated rings. The largest absolute Gasteiger partial charge is 0.347 e. The first-order valence-corrected chi connectivity index (χ1v) is 7.64. The summed E-state index contributed by atoms with van der Waals surface area (Å²) < 4.78 is 2.88. The fourth-order valence-corrected chi connectivity index (χ4v) is 2.94. The van der Waals surface area contributed by atoms with Crippen molar-refractivity contribution in [3.8, 4) is 0 Å². The molecule has 1 aromatic heterocycles. The minimum absolute atomic E-state index is 0.0512. The third-order valence-electron chi connectivity index (χ3n) is 3.43. The molecule has 1 saturated heterocycles. The van der Waals surface area contributed by atoms with Gasteiger partial charge < -0.3 is 10.2 Å². The third-order valence-corrected chi connectivity index (χ3v) is 4.35. The number of aromatic nitrogens is 2. The first kappa shape index (κ1) is 15.0. The Labute approximate surface area is 126 Å². The number of amides is 2. The van der Waals surface area contributed by atoms with Crippen LogP contribution in [-0.2, 0) is 29.1 Å². The van der Waals surface area contributed by atoms with E-state index >= 15 is 0 Å². The number of hydrogen-bond donors (Lipinski definition) is 1. The topological polar surface area (TPSA) is 67.2 Å². The quantitative estimate of drug-likeness (QED) is 0.890. The van der Waals surface area contributed by atoms with Crippen LogP contribution in [0.2, 0.25) is 0 Å². The molecule has 20 heavy (non-hydrogen) atoms.